The SMILES string of the molecule is c1ccc(Cn2c(SCCOc3ccccc3)nnc2C2CC2)cc1. The van der Waals surface area contributed by atoms with Crippen molar-refractivity contribution in [2.24, 2.45) is 0 Å². The summed E-state index contributed by atoms with van der Waals surface area (Å²) >= 11 is 1.72. The smallest absolute Gasteiger partial charge is 0.191 e. The van der Waals surface area contributed by atoms with E-state index in [1.165, 1.54) is 18.4 Å². The number of aromatic nitrogens is 3. The molecule has 1 aromatic heterocycles. The Hall–Kier alpha value is -2.27. The van der Waals surface area contributed by atoms with Crippen molar-refractivity contribution in [1.82, 2.24) is 14.8 Å². The lowest BCUT2D eigenvalue weighted by molar-refractivity contribution is 0.344. The van der Waals surface area contributed by atoms with Crippen molar-refractivity contribution in [2.75, 3.05) is 12.4 Å². The molecule has 1 fully saturated rings. The minimum atomic E-state index is 0.589. The average molecular weight is 351 g/mol. The zero-order chi connectivity index (χ0) is 16.9. The first-order valence-electron chi connectivity index (χ1n) is 8.68. The summed E-state index contributed by atoms with van der Waals surface area (Å²) in [6, 6.07) is 20.5. The third-order valence-corrected chi connectivity index (χ3v) is 5.13. The van der Waals surface area contributed by atoms with E-state index in [1.54, 1.807) is 11.8 Å². The van der Waals surface area contributed by atoms with E-state index in [0.29, 0.717) is 12.5 Å². The van der Waals surface area contributed by atoms with E-state index in [2.05, 4.69) is 39.0 Å². The van der Waals surface area contributed by atoms with Crippen molar-refractivity contribution in [3.63, 3.8) is 0 Å². The lowest BCUT2D eigenvalue weighted by Crippen LogP contribution is -2.07. The topological polar surface area (TPSA) is 39.9 Å². The average Bonchev–Trinajstić information content (AvgIpc) is 3.43. The van der Waals surface area contributed by atoms with Gasteiger partial charge in [0.25, 0.3) is 0 Å². The first kappa shape index (κ1) is 16.2. The van der Waals surface area contributed by atoms with E-state index in [4.69, 9.17) is 4.74 Å². The predicted molar refractivity (Wildman–Crippen MR) is 100 cm³/mol. The second kappa shape index (κ2) is 7.74. The van der Waals surface area contributed by atoms with Crippen molar-refractivity contribution in [2.45, 2.75) is 30.5 Å². The van der Waals surface area contributed by atoms with E-state index in [0.717, 1.165) is 29.0 Å². The van der Waals surface area contributed by atoms with Gasteiger partial charge in [-0.05, 0) is 30.5 Å². The van der Waals surface area contributed by atoms with Gasteiger partial charge in [0.1, 0.15) is 11.6 Å². The second-order valence-corrected chi connectivity index (χ2v) is 7.26. The molecule has 25 heavy (non-hydrogen) atoms. The van der Waals surface area contributed by atoms with Crippen LogP contribution in [0.4, 0.5) is 0 Å². The third-order valence-electron chi connectivity index (χ3n) is 4.20. The maximum atomic E-state index is 5.77. The van der Waals surface area contributed by atoms with Gasteiger partial charge < -0.3 is 9.30 Å². The summed E-state index contributed by atoms with van der Waals surface area (Å²) in [4.78, 5) is 0. The van der Waals surface area contributed by atoms with E-state index in [-0.39, 0.29) is 0 Å². The lowest BCUT2D eigenvalue weighted by atomic mass is 10.2. The molecular formula is C20H21N3OS. The highest BCUT2D eigenvalue weighted by Gasteiger charge is 2.30. The van der Waals surface area contributed by atoms with Crippen molar-refractivity contribution < 1.29 is 4.74 Å². The molecule has 4 rings (SSSR count). The number of hydrogen-bond donors (Lipinski definition) is 0. The Labute approximate surface area is 152 Å². The highest BCUT2D eigenvalue weighted by molar-refractivity contribution is 7.99. The first-order valence-corrected chi connectivity index (χ1v) is 9.66. The quantitative estimate of drug-likeness (QED) is 0.446. The van der Waals surface area contributed by atoms with E-state index in [9.17, 15) is 0 Å². The Morgan fingerprint density at radius 3 is 2.40 bits per heavy atom. The van der Waals surface area contributed by atoms with Gasteiger partial charge in [-0.3, -0.25) is 0 Å². The summed E-state index contributed by atoms with van der Waals surface area (Å²) in [5.74, 6) is 3.49. The molecule has 4 nitrogen and oxygen atoms in total. The number of hydrogen-bond acceptors (Lipinski definition) is 4. The molecule has 0 bridgehead atoms. The van der Waals surface area contributed by atoms with Crippen molar-refractivity contribution in [1.29, 1.82) is 0 Å². The summed E-state index contributed by atoms with van der Waals surface area (Å²) in [6.45, 7) is 1.49. The molecule has 1 saturated carbocycles. The zero-order valence-electron chi connectivity index (χ0n) is 14.0. The molecule has 1 aliphatic rings. The molecular weight excluding hydrogens is 330 g/mol. The van der Waals surface area contributed by atoms with E-state index in [1.807, 2.05) is 36.4 Å². The highest BCUT2D eigenvalue weighted by atomic mass is 32.2. The van der Waals surface area contributed by atoms with Crippen molar-refractivity contribution in [3.05, 3.63) is 72.1 Å². The Morgan fingerprint density at radius 1 is 0.960 bits per heavy atom. The minimum Gasteiger partial charge on any atom is -0.493 e. The third kappa shape index (κ3) is 4.23. The van der Waals surface area contributed by atoms with Crippen LogP contribution in [0.1, 0.15) is 30.1 Å². The molecule has 1 heterocycles. The van der Waals surface area contributed by atoms with Gasteiger partial charge in [-0.2, -0.15) is 0 Å². The maximum Gasteiger partial charge on any atom is 0.191 e. The molecule has 128 valence electrons. The Morgan fingerprint density at radius 2 is 1.68 bits per heavy atom. The molecule has 0 spiro atoms. The molecule has 0 amide bonds. The lowest BCUT2D eigenvalue weighted by Gasteiger charge is -2.10. The fourth-order valence-corrected chi connectivity index (χ4v) is 3.54. The van der Waals surface area contributed by atoms with Gasteiger partial charge in [0.2, 0.25) is 0 Å². The first-order chi connectivity index (χ1) is 12.4. The molecule has 0 saturated heterocycles. The van der Waals surface area contributed by atoms with Gasteiger partial charge in [-0.15, -0.1) is 10.2 Å². The summed E-state index contributed by atoms with van der Waals surface area (Å²) in [6.07, 6.45) is 2.46. The summed E-state index contributed by atoms with van der Waals surface area (Å²) in [7, 11) is 0. The van der Waals surface area contributed by atoms with Crippen LogP contribution in [0.3, 0.4) is 0 Å². The van der Waals surface area contributed by atoms with Gasteiger partial charge in [0.05, 0.1) is 13.2 Å². The highest BCUT2D eigenvalue weighted by Crippen LogP contribution is 2.40. The van der Waals surface area contributed by atoms with Crippen LogP contribution in [0.2, 0.25) is 0 Å². The normalized spacial score (nSPS) is 13.8. The maximum absolute atomic E-state index is 5.77. The van der Waals surface area contributed by atoms with Crippen LogP contribution in [-0.4, -0.2) is 27.1 Å². The largest absolute Gasteiger partial charge is 0.493 e. The number of benzene rings is 2. The van der Waals surface area contributed by atoms with Gasteiger partial charge in [0.15, 0.2) is 5.16 Å². The van der Waals surface area contributed by atoms with E-state index >= 15 is 0 Å². The molecule has 0 unspecified atom stereocenters. The second-order valence-electron chi connectivity index (χ2n) is 6.20. The van der Waals surface area contributed by atoms with Gasteiger partial charge in [-0.25, -0.2) is 0 Å². The number of nitrogens with zero attached hydrogens (tertiary/aromatic N) is 3. The molecule has 0 radical (unpaired) electrons. The van der Waals surface area contributed by atoms with Crippen LogP contribution in [0, 0.1) is 0 Å². The van der Waals surface area contributed by atoms with Crippen molar-refractivity contribution in [3.8, 4) is 5.75 Å². The van der Waals surface area contributed by atoms with Crippen LogP contribution in [0.25, 0.3) is 0 Å². The number of ether oxygens (including phenoxy) is 1. The molecule has 0 N–H and O–H groups in total. The Balaban J connectivity index is 1.40. The van der Waals surface area contributed by atoms with Crippen LogP contribution < -0.4 is 4.74 Å². The molecule has 0 aliphatic heterocycles. The van der Waals surface area contributed by atoms with Gasteiger partial charge in [0, 0.05) is 11.7 Å². The fourth-order valence-electron chi connectivity index (χ4n) is 2.77. The molecule has 0 atom stereocenters. The Kier molecular flexibility index (Phi) is 5.02. The van der Waals surface area contributed by atoms with Crippen LogP contribution in [0.15, 0.2) is 65.8 Å². The number of rotatable bonds is 8. The Bertz CT molecular complexity index is 800. The van der Waals surface area contributed by atoms with Crippen molar-refractivity contribution >= 4 is 11.8 Å². The van der Waals surface area contributed by atoms with Crippen LogP contribution in [0.5, 0.6) is 5.75 Å². The van der Waals surface area contributed by atoms with Gasteiger partial charge in [-0.1, -0.05) is 60.3 Å². The molecule has 3 aromatic rings. The summed E-state index contributed by atoms with van der Waals surface area (Å²) < 4.78 is 8.05. The summed E-state index contributed by atoms with van der Waals surface area (Å²) in [5, 5.41) is 9.89. The zero-order valence-corrected chi connectivity index (χ0v) is 14.9. The molecule has 1 aliphatic carbocycles. The number of para-hydroxylation sites is 1. The van der Waals surface area contributed by atoms with Crippen LogP contribution >= 0.6 is 11.8 Å². The van der Waals surface area contributed by atoms with E-state index < -0.39 is 0 Å². The summed E-state index contributed by atoms with van der Waals surface area (Å²) in [5.41, 5.74) is 1.28. The van der Waals surface area contributed by atoms with Gasteiger partial charge >= 0.3 is 0 Å². The minimum absolute atomic E-state index is 0.589. The monoisotopic (exact) mass is 351 g/mol. The predicted octanol–water partition coefficient (Wildman–Crippen LogP) is 4.37. The molecule has 5 heteroatoms. The number of thioether (sulfide) groups is 1. The standard InChI is InChI=1S/C20H21N3OS/c1-3-7-16(8-4-1)15-23-19(17-11-12-17)21-22-20(23)25-14-13-24-18-9-5-2-6-10-18/h1-10,17H,11-15H2. The molecule has 2 aromatic carbocycles. The fraction of sp³-hybridized carbons (Fsp3) is 0.300. The van der Waals surface area contributed by atoms with Crippen LogP contribution in [-0.2, 0) is 6.54 Å².